The number of halogens is 1. The second-order valence-electron chi connectivity index (χ2n) is 5.07. The van der Waals surface area contributed by atoms with Crippen molar-refractivity contribution in [3.8, 4) is 0 Å². The van der Waals surface area contributed by atoms with Crippen molar-refractivity contribution in [2.45, 2.75) is 44.2 Å². The largest absolute Gasteiger partial charge is 0.465 e. The van der Waals surface area contributed by atoms with Gasteiger partial charge in [0.15, 0.2) is 0 Å². The van der Waals surface area contributed by atoms with E-state index in [4.69, 9.17) is 0 Å². The molecule has 1 aromatic heterocycles. The molecule has 0 radical (unpaired) electrons. The minimum Gasteiger partial charge on any atom is -0.465 e. The fraction of sp³-hybridized carbons (Fsp3) is 0.538. The number of rotatable bonds is 0. The minimum absolute atomic E-state index is 0.123. The summed E-state index contributed by atoms with van der Waals surface area (Å²) in [5, 5.41) is 9.37. The quantitative estimate of drug-likeness (QED) is 0.799. The Bertz CT molecular complexity index is 492. The smallest absolute Gasteiger partial charge is 0.407 e. The highest BCUT2D eigenvalue weighted by molar-refractivity contribution is 9.10. The number of carbonyl (C=O) groups is 1. The second kappa shape index (κ2) is 4.53. The lowest BCUT2D eigenvalue weighted by atomic mass is 9.77. The number of carboxylic acid groups (broad SMARTS) is 1. The molecule has 2 heterocycles. The maximum absolute atomic E-state index is 11.4. The number of amides is 1. The van der Waals surface area contributed by atoms with E-state index in [1.54, 1.807) is 4.90 Å². The van der Waals surface area contributed by atoms with E-state index >= 15 is 0 Å². The summed E-state index contributed by atoms with van der Waals surface area (Å²) in [6, 6.07) is 2.13. The number of fused-ring (bicyclic) bond motifs is 3. The van der Waals surface area contributed by atoms with Crippen LogP contribution in [-0.4, -0.2) is 27.1 Å². The van der Waals surface area contributed by atoms with Crippen molar-refractivity contribution in [2.75, 3.05) is 0 Å². The first kappa shape index (κ1) is 12.0. The maximum atomic E-state index is 11.4. The van der Waals surface area contributed by atoms with Gasteiger partial charge in [-0.25, -0.2) is 4.79 Å². The van der Waals surface area contributed by atoms with Crippen LogP contribution in [0.2, 0.25) is 0 Å². The molecule has 2 atom stereocenters. The van der Waals surface area contributed by atoms with Crippen LogP contribution in [0.4, 0.5) is 4.79 Å². The van der Waals surface area contributed by atoms with Crippen LogP contribution in [-0.2, 0) is 6.54 Å². The molecule has 1 aromatic rings. The zero-order chi connectivity index (χ0) is 12.7. The molecule has 96 valence electrons. The van der Waals surface area contributed by atoms with Crippen molar-refractivity contribution in [1.29, 1.82) is 0 Å². The predicted molar refractivity (Wildman–Crippen MR) is 70.5 cm³/mol. The van der Waals surface area contributed by atoms with Crippen molar-refractivity contribution in [1.82, 2.24) is 9.88 Å². The Morgan fingerprint density at radius 3 is 3.00 bits per heavy atom. The van der Waals surface area contributed by atoms with Gasteiger partial charge in [0, 0.05) is 22.6 Å². The molecule has 2 unspecified atom stereocenters. The summed E-state index contributed by atoms with van der Waals surface area (Å²) in [4.78, 5) is 17.5. The van der Waals surface area contributed by atoms with Gasteiger partial charge in [0.25, 0.3) is 0 Å². The van der Waals surface area contributed by atoms with E-state index in [1.165, 1.54) is 6.42 Å². The third kappa shape index (κ3) is 1.90. The Labute approximate surface area is 114 Å². The normalized spacial score (nSPS) is 26.4. The van der Waals surface area contributed by atoms with Crippen molar-refractivity contribution >= 4 is 22.0 Å². The highest BCUT2D eigenvalue weighted by Crippen LogP contribution is 2.41. The fourth-order valence-corrected chi connectivity index (χ4v) is 3.64. The van der Waals surface area contributed by atoms with Gasteiger partial charge in [-0.2, -0.15) is 0 Å². The minimum atomic E-state index is -0.808. The summed E-state index contributed by atoms with van der Waals surface area (Å²) in [7, 11) is 0. The topological polar surface area (TPSA) is 53.4 Å². The summed E-state index contributed by atoms with van der Waals surface area (Å²) >= 11 is 3.41. The Morgan fingerprint density at radius 1 is 1.44 bits per heavy atom. The van der Waals surface area contributed by atoms with E-state index in [1.807, 2.05) is 12.3 Å². The number of aromatic nitrogens is 1. The molecule has 0 saturated heterocycles. The molecule has 0 aromatic carbocycles. The van der Waals surface area contributed by atoms with Crippen molar-refractivity contribution in [3.63, 3.8) is 0 Å². The Balaban J connectivity index is 2.04. The van der Waals surface area contributed by atoms with E-state index in [0.717, 1.165) is 35.0 Å². The monoisotopic (exact) mass is 310 g/mol. The van der Waals surface area contributed by atoms with Gasteiger partial charge in [-0.1, -0.05) is 12.8 Å². The molecule has 0 bridgehead atoms. The number of hydrogen-bond acceptors (Lipinski definition) is 2. The molecule has 1 amide bonds. The molecule has 18 heavy (non-hydrogen) atoms. The molecule has 0 spiro atoms. The van der Waals surface area contributed by atoms with E-state index in [2.05, 4.69) is 20.9 Å². The number of hydrogen-bond donors (Lipinski definition) is 1. The molecule has 2 aliphatic rings. The zero-order valence-corrected chi connectivity index (χ0v) is 11.6. The summed E-state index contributed by atoms with van der Waals surface area (Å²) in [6.45, 7) is 0.471. The summed E-state index contributed by atoms with van der Waals surface area (Å²) in [5.74, 6) is 0.284. The van der Waals surface area contributed by atoms with E-state index in [-0.39, 0.29) is 12.0 Å². The van der Waals surface area contributed by atoms with Crippen LogP contribution in [0.5, 0.6) is 0 Å². The first-order valence-corrected chi connectivity index (χ1v) is 7.10. The zero-order valence-electron chi connectivity index (χ0n) is 9.97. The lowest BCUT2D eigenvalue weighted by Crippen LogP contribution is -2.47. The van der Waals surface area contributed by atoms with Gasteiger partial charge in [-0.15, -0.1) is 0 Å². The molecular weight excluding hydrogens is 296 g/mol. The third-order valence-corrected chi connectivity index (χ3v) is 4.47. The van der Waals surface area contributed by atoms with Crippen LogP contribution in [0.3, 0.4) is 0 Å². The Kier molecular flexibility index (Phi) is 3.01. The van der Waals surface area contributed by atoms with Crippen LogP contribution < -0.4 is 0 Å². The summed E-state index contributed by atoms with van der Waals surface area (Å²) in [5.41, 5.74) is 2.16. The maximum Gasteiger partial charge on any atom is 0.407 e. The Morgan fingerprint density at radius 2 is 2.22 bits per heavy atom. The third-order valence-electron chi connectivity index (χ3n) is 4.04. The molecule has 1 aliphatic carbocycles. The number of pyridine rings is 1. The van der Waals surface area contributed by atoms with Gasteiger partial charge in [0.1, 0.15) is 0 Å². The first-order chi connectivity index (χ1) is 8.66. The average molecular weight is 311 g/mol. The molecular formula is C13H15BrN2O2. The first-order valence-electron chi connectivity index (χ1n) is 6.30. The lowest BCUT2D eigenvalue weighted by molar-refractivity contribution is 0.0882. The molecule has 4 nitrogen and oxygen atoms in total. The van der Waals surface area contributed by atoms with Crippen LogP contribution in [0.1, 0.15) is 42.9 Å². The van der Waals surface area contributed by atoms with Gasteiger partial charge in [-0.3, -0.25) is 4.98 Å². The Hall–Kier alpha value is -1.10. The van der Waals surface area contributed by atoms with Crippen molar-refractivity contribution in [2.24, 2.45) is 0 Å². The molecule has 1 N–H and O–H groups in total. The molecule has 1 saturated carbocycles. The van der Waals surface area contributed by atoms with Crippen LogP contribution >= 0.6 is 15.9 Å². The second-order valence-corrected chi connectivity index (χ2v) is 5.98. The van der Waals surface area contributed by atoms with Crippen LogP contribution in [0, 0.1) is 0 Å². The summed E-state index contributed by atoms with van der Waals surface area (Å²) < 4.78 is 0.917. The van der Waals surface area contributed by atoms with Crippen LogP contribution in [0.15, 0.2) is 16.7 Å². The molecule has 5 heteroatoms. The lowest BCUT2D eigenvalue weighted by Gasteiger charge is -2.42. The van der Waals surface area contributed by atoms with Gasteiger partial charge in [0.2, 0.25) is 0 Å². The van der Waals surface area contributed by atoms with Gasteiger partial charge in [0.05, 0.1) is 12.2 Å². The molecule has 1 aliphatic heterocycles. The van der Waals surface area contributed by atoms with Gasteiger partial charge < -0.3 is 10.0 Å². The highest BCUT2D eigenvalue weighted by Gasteiger charge is 2.39. The highest BCUT2D eigenvalue weighted by atomic mass is 79.9. The van der Waals surface area contributed by atoms with Gasteiger partial charge >= 0.3 is 6.09 Å². The summed E-state index contributed by atoms with van der Waals surface area (Å²) in [6.07, 6.45) is 5.32. The molecule has 3 rings (SSSR count). The molecule has 1 fully saturated rings. The van der Waals surface area contributed by atoms with Crippen molar-refractivity contribution in [3.05, 3.63) is 28.0 Å². The predicted octanol–water partition coefficient (Wildman–Crippen LogP) is 3.36. The van der Waals surface area contributed by atoms with E-state index in [0.29, 0.717) is 6.54 Å². The number of nitrogens with zero attached hydrogens (tertiary/aromatic N) is 2. The van der Waals surface area contributed by atoms with E-state index in [9.17, 15) is 9.90 Å². The van der Waals surface area contributed by atoms with E-state index < -0.39 is 6.09 Å². The van der Waals surface area contributed by atoms with Gasteiger partial charge in [-0.05, 0) is 40.4 Å². The fourth-order valence-electron chi connectivity index (χ4n) is 3.27. The van der Waals surface area contributed by atoms with Crippen LogP contribution in [0.25, 0.3) is 0 Å². The van der Waals surface area contributed by atoms with Crippen molar-refractivity contribution < 1.29 is 9.90 Å². The standard InChI is InChI=1S/C13H15BrN2O2/c14-9-5-8-7-16(13(17)18)11-4-2-1-3-10(11)12(8)15-6-9/h5-6,10-11H,1-4,7H2,(H,17,18). The average Bonchev–Trinajstić information content (AvgIpc) is 2.37. The SMILES string of the molecule is O=C(O)N1Cc2cc(Br)cnc2C2CCCCC21.